The largest absolute Gasteiger partial charge is 0.385 e. The highest BCUT2D eigenvalue weighted by atomic mass is 35.5. The van der Waals surface area contributed by atoms with Gasteiger partial charge in [0.2, 0.25) is 5.28 Å². The van der Waals surface area contributed by atoms with E-state index in [0.29, 0.717) is 0 Å². The summed E-state index contributed by atoms with van der Waals surface area (Å²) in [4.78, 5) is 8.38. The summed E-state index contributed by atoms with van der Waals surface area (Å²) in [6.07, 6.45) is 3.59. The Labute approximate surface area is 150 Å². The SMILES string of the molecule is CCNc1cccc(-c2nn3ccccc3c2-c2ccnc(Cl)n2)c1. The van der Waals surface area contributed by atoms with Crippen molar-refractivity contribution in [3.05, 3.63) is 66.2 Å². The lowest BCUT2D eigenvalue weighted by Crippen LogP contribution is -1.96. The van der Waals surface area contributed by atoms with E-state index in [1.54, 1.807) is 6.20 Å². The van der Waals surface area contributed by atoms with Gasteiger partial charge in [-0.1, -0.05) is 18.2 Å². The summed E-state index contributed by atoms with van der Waals surface area (Å²) in [5.74, 6) is 0. The van der Waals surface area contributed by atoms with Gasteiger partial charge in [0.05, 0.1) is 16.8 Å². The molecule has 0 atom stereocenters. The molecule has 0 unspecified atom stereocenters. The van der Waals surface area contributed by atoms with Gasteiger partial charge in [0.15, 0.2) is 0 Å². The summed E-state index contributed by atoms with van der Waals surface area (Å²) in [7, 11) is 0. The van der Waals surface area contributed by atoms with Crippen molar-refractivity contribution in [2.24, 2.45) is 0 Å². The third kappa shape index (κ3) is 2.94. The van der Waals surface area contributed by atoms with Crippen molar-refractivity contribution >= 4 is 22.8 Å². The zero-order valence-electron chi connectivity index (χ0n) is 13.6. The number of aromatic nitrogens is 4. The fourth-order valence-corrected chi connectivity index (χ4v) is 3.06. The Hall–Kier alpha value is -2.92. The minimum atomic E-state index is 0.222. The van der Waals surface area contributed by atoms with Gasteiger partial charge in [0.25, 0.3) is 0 Å². The Bertz CT molecular complexity index is 1040. The molecule has 3 heterocycles. The zero-order valence-corrected chi connectivity index (χ0v) is 14.4. The maximum absolute atomic E-state index is 6.02. The van der Waals surface area contributed by atoms with E-state index in [9.17, 15) is 0 Å². The number of nitrogens with zero attached hydrogens (tertiary/aromatic N) is 4. The van der Waals surface area contributed by atoms with Crippen LogP contribution in [-0.4, -0.2) is 26.1 Å². The standard InChI is InChI=1S/C19H16ClN5/c1-2-21-14-7-5-6-13(12-14)18-17(15-9-10-22-19(20)23-15)16-8-3-4-11-25(16)24-18/h3-12,21H,2H2,1H3. The van der Waals surface area contributed by atoms with Gasteiger partial charge in [-0.2, -0.15) is 5.10 Å². The summed E-state index contributed by atoms with van der Waals surface area (Å²) in [5, 5.41) is 8.34. The molecule has 4 aromatic rings. The first-order chi connectivity index (χ1) is 12.3. The summed E-state index contributed by atoms with van der Waals surface area (Å²) >= 11 is 6.02. The van der Waals surface area contributed by atoms with Crippen LogP contribution in [0.25, 0.3) is 28.0 Å². The van der Waals surface area contributed by atoms with E-state index < -0.39 is 0 Å². The van der Waals surface area contributed by atoms with Gasteiger partial charge in [-0.05, 0) is 48.9 Å². The van der Waals surface area contributed by atoms with Gasteiger partial charge < -0.3 is 5.32 Å². The molecule has 4 rings (SSSR count). The number of nitrogens with one attached hydrogen (secondary N) is 1. The zero-order chi connectivity index (χ0) is 17.2. The van der Waals surface area contributed by atoms with Crippen molar-refractivity contribution in [2.75, 3.05) is 11.9 Å². The summed E-state index contributed by atoms with van der Waals surface area (Å²) in [6, 6.07) is 16.0. The number of halogens is 1. The Morgan fingerprint density at radius 2 is 2.04 bits per heavy atom. The van der Waals surface area contributed by atoms with Gasteiger partial charge >= 0.3 is 0 Å². The number of pyridine rings is 1. The molecule has 25 heavy (non-hydrogen) atoms. The second kappa shape index (κ2) is 6.53. The van der Waals surface area contributed by atoms with Gasteiger partial charge in [-0.3, -0.25) is 0 Å². The van der Waals surface area contributed by atoms with Crippen LogP contribution in [0.5, 0.6) is 0 Å². The van der Waals surface area contributed by atoms with Crippen molar-refractivity contribution in [1.82, 2.24) is 19.6 Å². The number of fused-ring (bicyclic) bond motifs is 1. The van der Waals surface area contributed by atoms with Crippen LogP contribution < -0.4 is 5.32 Å². The quantitative estimate of drug-likeness (QED) is 0.549. The third-order valence-electron chi connectivity index (χ3n) is 3.94. The molecule has 0 radical (unpaired) electrons. The summed E-state index contributed by atoms with van der Waals surface area (Å²) < 4.78 is 1.86. The highest BCUT2D eigenvalue weighted by Crippen LogP contribution is 2.35. The molecule has 0 bridgehead atoms. The highest BCUT2D eigenvalue weighted by Gasteiger charge is 2.18. The predicted octanol–water partition coefficient (Wildman–Crippen LogP) is 4.54. The topological polar surface area (TPSA) is 55.1 Å². The minimum absolute atomic E-state index is 0.222. The van der Waals surface area contributed by atoms with Crippen LogP contribution in [0.15, 0.2) is 60.9 Å². The van der Waals surface area contributed by atoms with Crippen LogP contribution in [0.3, 0.4) is 0 Å². The second-order valence-electron chi connectivity index (χ2n) is 5.58. The van der Waals surface area contributed by atoms with Gasteiger partial charge in [0.1, 0.15) is 5.69 Å². The lowest BCUT2D eigenvalue weighted by atomic mass is 10.0. The Morgan fingerprint density at radius 3 is 2.88 bits per heavy atom. The second-order valence-corrected chi connectivity index (χ2v) is 5.91. The van der Waals surface area contributed by atoms with Crippen molar-refractivity contribution in [3.63, 3.8) is 0 Å². The molecular formula is C19H16ClN5. The lowest BCUT2D eigenvalue weighted by molar-refractivity contribution is 0.966. The monoisotopic (exact) mass is 349 g/mol. The first-order valence-corrected chi connectivity index (χ1v) is 8.44. The lowest BCUT2D eigenvalue weighted by Gasteiger charge is -2.07. The van der Waals surface area contributed by atoms with Crippen LogP contribution in [0, 0.1) is 0 Å². The molecule has 0 aliphatic heterocycles. The molecule has 1 aromatic carbocycles. The van der Waals surface area contributed by atoms with Crippen molar-refractivity contribution in [1.29, 1.82) is 0 Å². The highest BCUT2D eigenvalue weighted by molar-refractivity contribution is 6.28. The van der Waals surface area contributed by atoms with E-state index >= 15 is 0 Å². The molecule has 0 saturated heterocycles. The van der Waals surface area contributed by atoms with E-state index in [1.807, 2.05) is 47.1 Å². The summed E-state index contributed by atoms with van der Waals surface area (Å²) in [6.45, 7) is 2.94. The Kier molecular flexibility index (Phi) is 4.07. The summed E-state index contributed by atoms with van der Waals surface area (Å²) in [5.41, 5.74) is 5.61. The predicted molar refractivity (Wildman–Crippen MR) is 101 cm³/mol. The first-order valence-electron chi connectivity index (χ1n) is 8.07. The molecule has 0 spiro atoms. The maximum atomic E-state index is 6.02. The van der Waals surface area contributed by atoms with Crippen LogP contribution in [0.4, 0.5) is 5.69 Å². The molecule has 0 amide bonds. The van der Waals surface area contributed by atoms with Gasteiger partial charge in [-0.15, -0.1) is 0 Å². The normalized spacial score (nSPS) is 11.0. The van der Waals surface area contributed by atoms with Gasteiger partial charge in [-0.25, -0.2) is 14.5 Å². The number of benzene rings is 1. The third-order valence-corrected chi connectivity index (χ3v) is 4.12. The average molecular weight is 350 g/mol. The molecule has 0 saturated carbocycles. The number of anilines is 1. The average Bonchev–Trinajstić information content (AvgIpc) is 3.02. The fraction of sp³-hybridized carbons (Fsp3) is 0.105. The number of hydrogen-bond acceptors (Lipinski definition) is 4. The van der Waals surface area contributed by atoms with E-state index in [-0.39, 0.29) is 5.28 Å². The van der Waals surface area contributed by atoms with Crippen LogP contribution in [0.1, 0.15) is 6.92 Å². The Morgan fingerprint density at radius 1 is 1.12 bits per heavy atom. The molecule has 0 aliphatic rings. The Balaban J connectivity index is 1.98. The van der Waals surface area contributed by atoms with Gasteiger partial charge in [0, 0.05) is 30.2 Å². The molecule has 0 fully saturated rings. The number of rotatable bonds is 4. The van der Waals surface area contributed by atoms with Crippen LogP contribution in [-0.2, 0) is 0 Å². The van der Waals surface area contributed by atoms with E-state index in [2.05, 4.69) is 34.3 Å². The molecule has 5 nitrogen and oxygen atoms in total. The smallest absolute Gasteiger partial charge is 0.222 e. The minimum Gasteiger partial charge on any atom is -0.385 e. The van der Waals surface area contributed by atoms with E-state index in [4.69, 9.17) is 16.7 Å². The number of hydrogen-bond donors (Lipinski definition) is 1. The molecule has 0 aliphatic carbocycles. The van der Waals surface area contributed by atoms with Crippen molar-refractivity contribution < 1.29 is 0 Å². The molecule has 124 valence electrons. The van der Waals surface area contributed by atoms with E-state index in [0.717, 1.165) is 40.3 Å². The fourth-order valence-electron chi connectivity index (χ4n) is 2.91. The molecular weight excluding hydrogens is 334 g/mol. The van der Waals surface area contributed by atoms with Crippen LogP contribution in [0.2, 0.25) is 5.28 Å². The first kappa shape index (κ1) is 15.6. The van der Waals surface area contributed by atoms with Crippen molar-refractivity contribution in [2.45, 2.75) is 6.92 Å². The molecule has 3 aromatic heterocycles. The molecule has 6 heteroatoms. The molecule has 1 N–H and O–H groups in total. The maximum Gasteiger partial charge on any atom is 0.222 e. The van der Waals surface area contributed by atoms with E-state index in [1.165, 1.54) is 0 Å². The van der Waals surface area contributed by atoms with Crippen LogP contribution >= 0.6 is 11.6 Å². The van der Waals surface area contributed by atoms with Crippen molar-refractivity contribution in [3.8, 4) is 22.5 Å².